The molecule has 5 heteroatoms. The van der Waals surface area contributed by atoms with Gasteiger partial charge in [0.15, 0.2) is 0 Å². The zero-order valence-electron chi connectivity index (χ0n) is 12.3. The number of nitrogens with one attached hydrogen (secondary N) is 2. The van der Waals surface area contributed by atoms with Crippen LogP contribution in [0.5, 0.6) is 0 Å². The molecule has 1 fully saturated rings. The molecule has 0 spiro atoms. The second-order valence-corrected chi connectivity index (χ2v) is 5.64. The Labute approximate surface area is 124 Å². The van der Waals surface area contributed by atoms with Crippen LogP contribution in [0, 0.1) is 11.8 Å². The predicted molar refractivity (Wildman–Crippen MR) is 80.9 cm³/mol. The topological polar surface area (TPSA) is 78.4 Å². The molecule has 3 N–H and O–H groups in total. The highest BCUT2D eigenvalue weighted by molar-refractivity contribution is 5.88. The van der Waals surface area contributed by atoms with E-state index >= 15 is 0 Å². The van der Waals surface area contributed by atoms with E-state index in [2.05, 4.69) is 10.6 Å². The van der Waals surface area contributed by atoms with Crippen molar-refractivity contribution < 1.29 is 14.7 Å². The first kappa shape index (κ1) is 15.5. The molecule has 2 unspecified atom stereocenters. The number of carboxylic acid groups (broad SMARTS) is 1. The maximum Gasteiger partial charge on any atom is 0.306 e. The molecule has 0 bridgehead atoms. The molecule has 0 heterocycles. The van der Waals surface area contributed by atoms with Crippen molar-refractivity contribution >= 4 is 17.6 Å². The minimum Gasteiger partial charge on any atom is -0.481 e. The highest BCUT2D eigenvalue weighted by Gasteiger charge is 2.32. The van der Waals surface area contributed by atoms with Gasteiger partial charge < -0.3 is 15.7 Å². The van der Waals surface area contributed by atoms with Gasteiger partial charge in [0.05, 0.1) is 5.92 Å². The fourth-order valence-corrected chi connectivity index (χ4v) is 2.92. The van der Waals surface area contributed by atoms with Crippen LogP contribution in [0.15, 0.2) is 24.3 Å². The number of anilines is 1. The summed E-state index contributed by atoms with van der Waals surface area (Å²) in [6.07, 6.45) is 2.80. The van der Waals surface area contributed by atoms with E-state index in [9.17, 15) is 9.59 Å². The smallest absolute Gasteiger partial charge is 0.306 e. The van der Waals surface area contributed by atoms with Crippen LogP contribution in [-0.4, -0.2) is 23.5 Å². The Hall–Kier alpha value is -1.88. The molecule has 0 aromatic heterocycles. The second-order valence-electron chi connectivity index (χ2n) is 5.64. The lowest BCUT2D eigenvalue weighted by molar-refractivity contribution is -0.142. The van der Waals surface area contributed by atoms with Crippen molar-refractivity contribution in [1.82, 2.24) is 5.32 Å². The van der Waals surface area contributed by atoms with Crippen LogP contribution in [-0.2, 0) is 16.1 Å². The molecule has 5 nitrogen and oxygen atoms in total. The van der Waals surface area contributed by atoms with E-state index in [4.69, 9.17) is 5.11 Å². The Bertz CT molecular complexity index is 499. The van der Waals surface area contributed by atoms with Gasteiger partial charge in [-0.25, -0.2) is 0 Å². The number of rotatable bonds is 6. The van der Waals surface area contributed by atoms with Gasteiger partial charge in [0.2, 0.25) is 5.91 Å². The van der Waals surface area contributed by atoms with Crippen LogP contribution in [0.3, 0.4) is 0 Å². The van der Waals surface area contributed by atoms with Gasteiger partial charge in [-0.1, -0.05) is 18.6 Å². The Balaban J connectivity index is 1.78. The predicted octanol–water partition coefficient (Wildman–Crippen LogP) is 2.24. The maximum atomic E-state index is 11.1. The molecule has 1 aromatic rings. The number of hydrogen-bond donors (Lipinski definition) is 3. The summed E-state index contributed by atoms with van der Waals surface area (Å²) in [6, 6.07) is 7.66. The van der Waals surface area contributed by atoms with Crippen molar-refractivity contribution in [2.75, 3.05) is 11.9 Å². The average molecular weight is 290 g/mol. The van der Waals surface area contributed by atoms with Crippen LogP contribution in [0.1, 0.15) is 31.7 Å². The number of benzene rings is 1. The number of carbonyl (C=O) groups excluding carboxylic acids is 1. The third-order valence-electron chi connectivity index (χ3n) is 3.99. The quantitative estimate of drug-likeness (QED) is 0.750. The highest BCUT2D eigenvalue weighted by atomic mass is 16.4. The van der Waals surface area contributed by atoms with Crippen molar-refractivity contribution in [1.29, 1.82) is 0 Å². The molecule has 2 atom stereocenters. The van der Waals surface area contributed by atoms with E-state index in [0.29, 0.717) is 6.54 Å². The van der Waals surface area contributed by atoms with Gasteiger partial charge in [0.25, 0.3) is 0 Å². The number of hydrogen-bond acceptors (Lipinski definition) is 3. The summed E-state index contributed by atoms with van der Waals surface area (Å²) in [7, 11) is 0. The van der Waals surface area contributed by atoms with E-state index in [0.717, 1.165) is 37.1 Å². The largest absolute Gasteiger partial charge is 0.481 e. The lowest BCUT2D eigenvalue weighted by Crippen LogP contribution is -2.28. The molecule has 0 aliphatic heterocycles. The normalized spacial score (nSPS) is 21.2. The van der Waals surface area contributed by atoms with Gasteiger partial charge in [-0.05, 0) is 43.0 Å². The van der Waals surface area contributed by atoms with Gasteiger partial charge in [-0.2, -0.15) is 0 Å². The van der Waals surface area contributed by atoms with Gasteiger partial charge in [-0.3, -0.25) is 9.59 Å². The monoisotopic (exact) mass is 290 g/mol. The van der Waals surface area contributed by atoms with E-state index in [-0.39, 0.29) is 17.7 Å². The van der Waals surface area contributed by atoms with Crippen molar-refractivity contribution in [3.8, 4) is 0 Å². The van der Waals surface area contributed by atoms with Crippen LogP contribution in [0.2, 0.25) is 0 Å². The second kappa shape index (κ2) is 7.22. The van der Waals surface area contributed by atoms with Crippen molar-refractivity contribution in [3.63, 3.8) is 0 Å². The molecule has 0 saturated heterocycles. The Morgan fingerprint density at radius 3 is 2.57 bits per heavy atom. The van der Waals surface area contributed by atoms with Crippen molar-refractivity contribution in [2.45, 2.75) is 32.7 Å². The Kier molecular flexibility index (Phi) is 5.33. The zero-order valence-corrected chi connectivity index (χ0v) is 12.3. The Morgan fingerprint density at radius 2 is 1.95 bits per heavy atom. The fraction of sp³-hybridized carbons (Fsp3) is 0.500. The summed E-state index contributed by atoms with van der Waals surface area (Å²) >= 11 is 0. The standard InChI is InChI=1S/C16H22N2O3/c1-11(19)18-14-7-5-12(6-8-14)9-17-10-13-3-2-4-15(13)16(20)21/h5-8,13,15,17H,2-4,9-10H2,1H3,(H,18,19)(H,20,21). The van der Waals surface area contributed by atoms with Gasteiger partial charge >= 0.3 is 5.97 Å². The fourth-order valence-electron chi connectivity index (χ4n) is 2.92. The summed E-state index contributed by atoms with van der Waals surface area (Å²) < 4.78 is 0. The average Bonchev–Trinajstić information content (AvgIpc) is 2.89. The first-order chi connectivity index (χ1) is 10.1. The summed E-state index contributed by atoms with van der Waals surface area (Å²) in [6.45, 7) is 2.93. The van der Waals surface area contributed by atoms with Crippen molar-refractivity contribution in [3.05, 3.63) is 29.8 Å². The Morgan fingerprint density at radius 1 is 1.24 bits per heavy atom. The molecule has 1 amide bonds. The molecule has 114 valence electrons. The summed E-state index contributed by atoms with van der Waals surface area (Å²) in [5, 5.41) is 15.2. The van der Waals surface area contributed by atoms with Crippen LogP contribution in [0.4, 0.5) is 5.69 Å². The minimum atomic E-state index is -0.668. The van der Waals surface area contributed by atoms with Gasteiger partial charge in [0.1, 0.15) is 0 Å². The van der Waals surface area contributed by atoms with E-state index in [1.807, 2.05) is 24.3 Å². The van der Waals surface area contributed by atoms with E-state index in [1.165, 1.54) is 6.92 Å². The van der Waals surface area contributed by atoms with Crippen molar-refractivity contribution in [2.24, 2.45) is 11.8 Å². The number of aliphatic carboxylic acids is 1. The maximum absolute atomic E-state index is 11.1. The van der Waals surface area contributed by atoms with Gasteiger partial charge in [-0.15, -0.1) is 0 Å². The summed E-state index contributed by atoms with van der Waals surface area (Å²) in [5.41, 5.74) is 1.90. The lowest BCUT2D eigenvalue weighted by Gasteiger charge is -2.16. The molecule has 1 aliphatic rings. The number of amides is 1. The molecule has 0 radical (unpaired) electrons. The molecular weight excluding hydrogens is 268 g/mol. The van der Waals surface area contributed by atoms with Crippen LogP contribution >= 0.6 is 0 Å². The first-order valence-corrected chi connectivity index (χ1v) is 7.36. The molecule has 1 saturated carbocycles. The third-order valence-corrected chi connectivity index (χ3v) is 3.99. The summed E-state index contributed by atoms with van der Waals surface area (Å²) in [5.74, 6) is -0.707. The van der Waals surface area contributed by atoms with Crippen LogP contribution < -0.4 is 10.6 Å². The highest BCUT2D eigenvalue weighted by Crippen LogP contribution is 2.31. The molecule has 2 rings (SSSR count). The van der Waals surface area contributed by atoms with E-state index < -0.39 is 5.97 Å². The lowest BCUT2D eigenvalue weighted by atomic mass is 9.96. The molecule has 1 aliphatic carbocycles. The SMILES string of the molecule is CC(=O)Nc1ccc(CNCC2CCCC2C(=O)O)cc1. The number of carboxylic acids is 1. The van der Waals surface area contributed by atoms with Gasteiger partial charge in [0, 0.05) is 19.2 Å². The number of carbonyl (C=O) groups is 2. The van der Waals surface area contributed by atoms with Crippen LogP contribution in [0.25, 0.3) is 0 Å². The zero-order chi connectivity index (χ0) is 15.2. The first-order valence-electron chi connectivity index (χ1n) is 7.36. The molecule has 21 heavy (non-hydrogen) atoms. The van der Waals surface area contributed by atoms with E-state index in [1.54, 1.807) is 0 Å². The summed E-state index contributed by atoms with van der Waals surface area (Å²) in [4.78, 5) is 22.0. The minimum absolute atomic E-state index is 0.0816. The molecular formula is C16H22N2O3. The molecule has 1 aromatic carbocycles. The third kappa shape index (κ3) is 4.56.